The van der Waals surface area contributed by atoms with E-state index in [1.165, 1.54) is 0 Å². The van der Waals surface area contributed by atoms with E-state index in [-0.39, 0.29) is 12.0 Å². The van der Waals surface area contributed by atoms with Gasteiger partial charge in [-0.3, -0.25) is 9.69 Å². The van der Waals surface area contributed by atoms with Crippen LogP contribution in [0.2, 0.25) is 5.02 Å². The minimum Gasteiger partial charge on any atom is -0.464 e. The van der Waals surface area contributed by atoms with E-state index in [0.717, 1.165) is 25.9 Å². The molecule has 0 spiro atoms. The molecule has 1 saturated heterocycles. The molecule has 3 rings (SSSR count). The van der Waals surface area contributed by atoms with Crippen molar-refractivity contribution in [2.24, 2.45) is 5.92 Å². The number of fused-ring (bicyclic) bond motifs is 1. The molecule has 0 unspecified atom stereocenters. The third kappa shape index (κ3) is 3.12. The fourth-order valence-corrected chi connectivity index (χ4v) is 3.11. The van der Waals surface area contributed by atoms with E-state index in [9.17, 15) is 9.90 Å². The largest absolute Gasteiger partial charge is 0.464 e. The van der Waals surface area contributed by atoms with Gasteiger partial charge in [0.15, 0.2) is 5.43 Å². The molecular formula is C16H18ClNO3. The van der Waals surface area contributed by atoms with Gasteiger partial charge in [0.1, 0.15) is 5.58 Å². The summed E-state index contributed by atoms with van der Waals surface area (Å²) in [6.45, 7) is 2.53. The molecule has 1 fully saturated rings. The molecule has 1 aliphatic heterocycles. The van der Waals surface area contributed by atoms with Crippen molar-refractivity contribution in [2.75, 3.05) is 19.7 Å². The SMILES string of the molecule is O=c1c(CN2CCC[C@H](CO)C2)coc2ccc(Cl)cc12. The number of hydrogen-bond donors (Lipinski definition) is 1. The van der Waals surface area contributed by atoms with Crippen LogP contribution >= 0.6 is 11.6 Å². The maximum absolute atomic E-state index is 12.5. The van der Waals surface area contributed by atoms with Crippen LogP contribution in [0.3, 0.4) is 0 Å². The third-order valence-electron chi connectivity index (χ3n) is 4.06. The first-order valence-electron chi connectivity index (χ1n) is 7.20. The summed E-state index contributed by atoms with van der Waals surface area (Å²) in [5, 5.41) is 10.3. The molecule has 1 aliphatic rings. The number of nitrogens with zero attached hydrogens (tertiary/aromatic N) is 1. The van der Waals surface area contributed by atoms with E-state index >= 15 is 0 Å². The molecule has 2 heterocycles. The smallest absolute Gasteiger partial charge is 0.197 e. The van der Waals surface area contributed by atoms with Crippen LogP contribution in [0.25, 0.3) is 11.0 Å². The highest BCUT2D eigenvalue weighted by Crippen LogP contribution is 2.20. The summed E-state index contributed by atoms with van der Waals surface area (Å²) >= 11 is 5.95. The summed E-state index contributed by atoms with van der Waals surface area (Å²) in [7, 11) is 0. The lowest BCUT2D eigenvalue weighted by atomic mass is 9.98. The van der Waals surface area contributed by atoms with E-state index in [1.807, 2.05) is 0 Å². The van der Waals surface area contributed by atoms with Crippen LogP contribution in [0.15, 0.2) is 33.7 Å². The van der Waals surface area contributed by atoms with Gasteiger partial charge in [0.2, 0.25) is 0 Å². The minimum absolute atomic E-state index is 0.0233. The second-order valence-electron chi connectivity index (χ2n) is 5.66. The van der Waals surface area contributed by atoms with Crippen molar-refractivity contribution in [1.29, 1.82) is 0 Å². The van der Waals surface area contributed by atoms with Gasteiger partial charge < -0.3 is 9.52 Å². The third-order valence-corrected chi connectivity index (χ3v) is 4.30. The maximum Gasteiger partial charge on any atom is 0.197 e. The zero-order valence-corrected chi connectivity index (χ0v) is 12.5. The van der Waals surface area contributed by atoms with E-state index in [2.05, 4.69) is 4.90 Å². The molecule has 5 heteroatoms. The van der Waals surface area contributed by atoms with Crippen LogP contribution in [0.5, 0.6) is 0 Å². The van der Waals surface area contributed by atoms with Crippen LogP contribution in [0.1, 0.15) is 18.4 Å². The second-order valence-corrected chi connectivity index (χ2v) is 6.09. The first kappa shape index (κ1) is 14.6. The first-order valence-corrected chi connectivity index (χ1v) is 7.58. The lowest BCUT2D eigenvalue weighted by molar-refractivity contribution is 0.115. The van der Waals surface area contributed by atoms with Gasteiger partial charge in [0.25, 0.3) is 0 Å². The molecule has 0 bridgehead atoms. The number of piperidine rings is 1. The molecule has 112 valence electrons. The minimum atomic E-state index is -0.0233. The molecule has 1 aromatic heterocycles. The van der Waals surface area contributed by atoms with Gasteiger partial charge in [0, 0.05) is 30.3 Å². The molecular weight excluding hydrogens is 290 g/mol. The topological polar surface area (TPSA) is 53.7 Å². The average molecular weight is 308 g/mol. The highest BCUT2D eigenvalue weighted by atomic mass is 35.5. The Kier molecular flexibility index (Phi) is 4.29. The number of aliphatic hydroxyl groups excluding tert-OH is 1. The number of halogens is 1. The average Bonchev–Trinajstić information content (AvgIpc) is 2.51. The fourth-order valence-electron chi connectivity index (χ4n) is 2.94. The zero-order chi connectivity index (χ0) is 14.8. The molecule has 1 aromatic carbocycles. The van der Waals surface area contributed by atoms with Crippen molar-refractivity contribution in [3.05, 3.63) is 45.3 Å². The number of likely N-dealkylation sites (tertiary alicyclic amines) is 1. The predicted molar refractivity (Wildman–Crippen MR) is 82.6 cm³/mol. The van der Waals surface area contributed by atoms with Gasteiger partial charge in [-0.05, 0) is 43.5 Å². The fraction of sp³-hybridized carbons (Fsp3) is 0.438. The van der Waals surface area contributed by atoms with Gasteiger partial charge in [0.05, 0.1) is 11.6 Å². The summed E-state index contributed by atoms with van der Waals surface area (Å²) in [6, 6.07) is 5.08. The molecule has 4 nitrogen and oxygen atoms in total. The Hall–Kier alpha value is -1.36. The standard InChI is InChI=1S/C16H18ClNO3/c17-13-3-4-15-14(6-13)16(20)12(10-21-15)8-18-5-1-2-11(7-18)9-19/h3-4,6,10-11,19H,1-2,5,7-9H2/t11-/m0/s1. The lowest BCUT2D eigenvalue weighted by Crippen LogP contribution is -2.37. The lowest BCUT2D eigenvalue weighted by Gasteiger charge is -2.31. The predicted octanol–water partition coefficient (Wildman–Crippen LogP) is 2.65. The number of rotatable bonds is 3. The van der Waals surface area contributed by atoms with Gasteiger partial charge >= 0.3 is 0 Å². The van der Waals surface area contributed by atoms with Crippen molar-refractivity contribution in [3.8, 4) is 0 Å². The summed E-state index contributed by atoms with van der Waals surface area (Å²) in [6.07, 6.45) is 3.64. The van der Waals surface area contributed by atoms with E-state index < -0.39 is 0 Å². The van der Waals surface area contributed by atoms with Gasteiger partial charge in [-0.2, -0.15) is 0 Å². The normalized spacial score (nSPS) is 20.0. The highest BCUT2D eigenvalue weighted by molar-refractivity contribution is 6.31. The van der Waals surface area contributed by atoms with E-state index in [0.29, 0.717) is 34.0 Å². The molecule has 2 aromatic rings. The summed E-state index contributed by atoms with van der Waals surface area (Å²) in [5.41, 5.74) is 1.17. The Morgan fingerprint density at radius 1 is 1.43 bits per heavy atom. The van der Waals surface area contributed by atoms with Crippen LogP contribution in [0.4, 0.5) is 0 Å². The Bertz CT molecular complexity index is 697. The summed E-state index contributed by atoms with van der Waals surface area (Å²) < 4.78 is 5.54. The summed E-state index contributed by atoms with van der Waals surface area (Å²) in [4.78, 5) is 14.7. The Labute approximate surface area is 127 Å². The number of benzene rings is 1. The van der Waals surface area contributed by atoms with Crippen molar-refractivity contribution >= 4 is 22.6 Å². The van der Waals surface area contributed by atoms with Crippen LogP contribution in [-0.4, -0.2) is 29.7 Å². The first-order chi connectivity index (χ1) is 10.2. The molecule has 21 heavy (non-hydrogen) atoms. The zero-order valence-electron chi connectivity index (χ0n) is 11.7. The Morgan fingerprint density at radius 2 is 2.29 bits per heavy atom. The Balaban J connectivity index is 1.87. The van der Waals surface area contributed by atoms with Crippen molar-refractivity contribution in [2.45, 2.75) is 19.4 Å². The van der Waals surface area contributed by atoms with Gasteiger partial charge in [-0.25, -0.2) is 0 Å². The number of hydrogen-bond acceptors (Lipinski definition) is 4. The molecule has 0 aliphatic carbocycles. The second kappa shape index (κ2) is 6.18. The van der Waals surface area contributed by atoms with E-state index in [1.54, 1.807) is 24.5 Å². The van der Waals surface area contributed by atoms with Gasteiger partial charge in [-0.1, -0.05) is 11.6 Å². The number of aliphatic hydroxyl groups is 1. The molecule has 1 atom stereocenters. The van der Waals surface area contributed by atoms with Crippen LogP contribution < -0.4 is 5.43 Å². The monoisotopic (exact) mass is 307 g/mol. The van der Waals surface area contributed by atoms with Crippen molar-refractivity contribution in [1.82, 2.24) is 4.90 Å². The summed E-state index contributed by atoms with van der Waals surface area (Å²) in [5.74, 6) is 0.306. The van der Waals surface area contributed by atoms with Crippen molar-refractivity contribution < 1.29 is 9.52 Å². The maximum atomic E-state index is 12.5. The quantitative estimate of drug-likeness (QED) is 0.947. The van der Waals surface area contributed by atoms with E-state index in [4.69, 9.17) is 16.0 Å². The van der Waals surface area contributed by atoms with Crippen LogP contribution in [-0.2, 0) is 6.54 Å². The molecule has 1 N–H and O–H groups in total. The molecule has 0 amide bonds. The van der Waals surface area contributed by atoms with Crippen molar-refractivity contribution in [3.63, 3.8) is 0 Å². The molecule has 0 saturated carbocycles. The highest BCUT2D eigenvalue weighted by Gasteiger charge is 2.20. The van der Waals surface area contributed by atoms with Crippen LogP contribution in [0, 0.1) is 5.92 Å². The molecule has 0 radical (unpaired) electrons. The Morgan fingerprint density at radius 3 is 3.10 bits per heavy atom. The van der Waals surface area contributed by atoms with Gasteiger partial charge in [-0.15, -0.1) is 0 Å².